The van der Waals surface area contributed by atoms with E-state index in [9.17, 15) is 10.1 Å². The van der Waals surface area contributed by atoms with Gasteiger partial charge in [-0.2, -0.15) is 5.26 Å². The van der Waals surface area contributed by atoms with Crippen molar-refractivity contribution in [1.82, 2.24) is 0 Å². The van der Waals surface area contributed by atoms with Crippen LogP contribution in [0.1, 0.15) is 41.6 Å². The zero-order valence-corrected chi connectivity index (χ0v) is 12.6. The van der Waals surface area contributed by atoms with Gasteiger partial charge in [0.1, 0.15) is 11.1 Å². The molecule has 19 heavy (non-hydrogen) atoms. The molecule has 0 saturated heterocycles. The van der Waals surface area contributed by atoms with Crippen molar-refractivity contribution >= 4 is 33.6 Å². The Morgan fingerprint density at radius 1 is 1.37 bits per heavy atom. The van der Waals surface area contributed by atoms with Crippen molar-refractivity contribution in [1.29, 1.82) is 5.26 Å². The van der Waals surface area contributed by atoms with Gasteiger partial charge in [-0.3, -0.25) is 4.79 Å². The minimum Gasteiger partial charge on any atom is -0.312 e. The number of carbonyl (C=O) groups excluding carboxylic acids is 1. The number of amides is 1. The molecule has 1 amide bonds. The van der Waals surface area contributed by atoms with Gasteiger partial charge >= 0.3 is 0 Å². The summed E-state index contributed by atoms with van der Waals surface area (Å²) in [5.74, 6) is -0.159. The fourth-order valence-electron chi connectivity index (χ4n) is 1.69. The van der Waals surface area contributed by atoms with Crippen LogP contribution in [0.4, 0.5) is 5.00 Å². The molecule has 0 aliphatic rings. The summed E-state index contributed by atoms with van der Waals surface area (Å²) in [6.45, 7) is 6.17. The molecule has 98 valence electrons. The molecule has 3 nitrogen and oxygen atoms in total. The number of rotatable bonds is 2. The summed E-state index contributed by atoms with van der Waals surface area (Å²) in [6.07, 6.45) is 0. The van der Waals surface area contributed by atoms with Crippen molar-refractivity contribution < 1.29 is 4.79 Å². The molecule has 2 aromatic rings. The Hall–Kier alpha value is -1.64. The third-order valence-electron chi connectivity index (χ3n) is 2.68. The van der Waals surface area contributed by atoms with E-state index in [-0.39, 0.29) is 11.3 Å². The predicted octanol–water partition coefficient (Wildman–Crippen LogP) is 4.23. The molecule has 0 radical (unpaired) electrons. The van der Waals surface area contributed by atoms with Gasteiger partial charge in [-0.05, 0) is 27.8 Å². The van der Waals surface area contributed by atoms with Crippen LogP contribution in [0.15, 0.2) is 22.9 Å². The van der Waals surface area contributed by atoms with Crippen LogP contribution in [0.5, 0.6) is 0 Å². The second kappa shape index (κ2) is 5.16. The van der Waals surface area contributed by atoms with Crippen LogP contribution >= 0.6 is 22.7 Å². The first-order chi connectivity index (χ1) is 8.93. The number of carbonyl (C=O) groups is 1. The van der Waals surface area contributed by atoms with E-state index in [1.807, 2.05) is 16.8 Å². The SMILES string of the molecule is CC(C)(C)c1csc(NC(=O)c2cccs2)c1C#N. The summed E-state index contributed by atoms with van der Waals surface area (Å²) < 4.78 is 0. The smallest absolute Gasteiger partial charge is 0.266 e. The van der Waals surface area contributed by atoms with Crippen LogP contribution in [0.3, 0.4) is 0 Å². The minimum atomic E-state index is -0.159. The number of nitriles is 1. The number of hydrogen-bond donors (Lipinski definition) is 1. The molecule has 0 aromatic carbocycles. The molecule has 0 unspecified atom stereocenters. The molecule has 0 spiro atoms. The van der Waals surface area contributed by atoms with Gasteiger partial charge < -0.3 is 5.32 Å². The molecule has 0 saturated carbocycles. The average Bonchev–Trinajstić information content (AvgIpc) is 2.96. The molecule has 0 aliphatic heterocycles. The standard InChI is InChI=1S/C14H14N2OS2/c1-14(2,3)10-8-19-13(9(10)7-15)16-12(17)11-5-4-6-18-11/h4-6,8H,1-3H3,(H,16,17). The summed E-state index contributed by atoms with van der Waals surface area (Å²) in [5, 5.41) is 16.6. The highest BCUT2D eigenvalue weighted by molar-refractivity contribution is 7.15. The molecule has 0 fully saturated rings. The summed E-state index contributed by atoms with van der Waals surface area (Å²) in [5.41, 5.74) is 1.44. The molecule has 0 aliphatic carbocycles. The van der Waals surface area contributed by atoms with Gasteiger partial charge in [0.15, 0.2) is 0 Å². The lowest BCUT2D eigenvalue weighted by atomic mass is 9.86. The quantitative estimate of drug-likeness (QED) is 0.899. The highest BCUT2D eigenvalue weighted by atomic mass is 32.1. The Morgan fingerprint density at radius 3 is 2.63 bits per heavy atom. The van der Waals surface area contributed by atoms with Gasteiger partial charge in [0.2, 0.25) is 0 Å². The summed E-state index contributed by atoms with van der Waals surface area (Å²) in [6, 6.07) is 5.80. The first-order valence-corrected chi connectivity index (χ1v) is 7.56. The van der Waals surface area contributed by atoms with E-state index in [2.05, 4.69) is 32.2 Å². The number of thiophene rings is 2. The van der Waals surface area contributed by atoms with Crippen LogP contribution in [-0.2, 0) is 5.41 Å². The van der Waals surface area contributed by atoms with Crippen molar-refractivity contribution in [3.63, 3.8) is 0 Å². The fourth-order valence-corrected chi connectivity index (χ4v) is 3.44. The molecular formula is C14H14N2OS2. The van der Waals surface area contributed by atoms with Gasteiger partial charge in [0.05, 0.1) is 10.4 Å². The van der Waals surface area contributed by atoms with E-state index < -0.39 is 0 Å². The molecule has 2 heterocycles. The van der Waals surface area contributed by atoms with Crippen molar-refractivity contribution in [2.24, 2.45) is 0 Å². The summed E-state index contributed by atoms with van der Waals surface area (Å²) in [4.78, 5) is 12.6. The second-order valence-electron chi connectivity index (χ2n) is 5.15. The van der Waals surface area contributed by atoms with Crippen LogP contribution in [0.2, 0.25) is 0 Å². The lowest BCUT2D eigenvalue weighted by Gasteiger charge is -2.17. The monoisotopic (exact) mass is 290 g/mol. The van der Waals surface area contributed by atoms with Gasteiger partial charge in [-0.15, -0.1) is 22.7 Å². The van der Waals surface area contributed by atoms with E-state index in [0.717, 1.165) is 5.56 Å². The molecule has 0 bridgehead atoms. The molecular weight excluding hydrogens is 276 g/mol. The Balaban J connectivity index is 2.30. The van der Waals surface area contributed by atoms with Crippen LogP contribution in [0, 0.1) is 11.3 Å². The fraction of sp³-hybridized carbons (Fsp3) is 0.286. The highest BCUT2D eigenvalue weighted by Crippen LogP contribution is 2.35. The first-order valence-electron chi connectivity index (χ1n) is 5.80. The van der Waals surface area contributed by atoms with Gasteiger partial charge in [0.25, 0.3) is 5.91 Å². The maximum absolute atomic E-state index is 12.0. The molecule has 2 rings (SSSR count). The lowest BCUT2D eigenvalue weighted by molar-refractivity contribution is 0.103. The third kappa shape index (κ3) is 2.86. The van der Waals surface area contributed by atoms with Crippen molar-refractivity contribution in [2.45, 2.75) is 26.2 Å². The Bertz CT molecular complexity index is 627. The first kappa shape index (κ1) is 13.8. The number of nitrogens with zero attached hydrogens (tertiary/aromatic N) is 1. The number of nitrogens with one attached hydrogen (secondary N) is 1. The van der Waals surface area contributed by atoms with Crippen LogP contribution in [0.25, 0.3) is 0 Å². The van der Waals surface area contributed by atoms with Crippen molar-refractivity contribution in [3.05, 3.63) is 38.9 Å². The Morgan fingerprint density at radius 2 is 2.11 bits per heavy atom. The van der Waals surface area contributed by atoms with Crippen molar-refractivity contribution in [2.75, 3.05) is 5.32 Å². The normalized spacial score (nSPS) is 11.1. The molecule has 5 heteroatoms. The maximum Gasteiger partial charge on any atom is 0.266 e. The minimum absolute atomic E-state index is 0.104. The zero-order chi connectivity index (χ0) is 14.0. The van der Waals surface area contributed by atoms with E-state index in [1.165, 1.54) is 22.7 Å². The molecule has 0 atom stereocenters. The van der Waals surface area contributed by atoms with Crippen LogP contribution < -0.4 is 5.32 Å². The molecule has 2 aromatic heterocycles. The average molecular weight is 290 g/mol. The third-order valence-corrected chi connectivity index (χ3v) is 4.45. The molecule has 1 N–H and O–H groups in total. The Labute approximate surface area is 120 Å². The van der Waals surface area contributed by atoms with Crippen LogP contribution in [-0.4, -0.2) is 5.91 Å². The predicted molar refractivity (Wildman–Crippen MR) is 80.0 cm³/mol. The van der Waals surface area contributed by atoms with Gasteiger partial charge in [0, 0.05) is 0 Å². The summed E-state index contributed by atoms with van der Waals surface area (Å²) >= 11 is 2.79. The topological polar surface area (TPSA) is 52.9 Å². The Kier molecular flexibility index (Phi) is 3.74. The van der Waals surface area contributed by atoms with Gasteiger partial charge in [-0.1, -0.05) is 26.8 Å². The van der Waals surface area contributed by atoms with E-state index in [1.54, 1.807) is 6.07 Å². The summed E-state index contributed by atoms with van der Waals surface area (Å²) in [7, 11) is 0. The lowest BCUT2D eigenvalue weighted by Crippen LogP contribution is -2.13. The number of hydrogen-bond acceptors (Lipinski definition) is 4. The highest BCUT2D eigenvalue weighted by Gasteiger charge is 2.23. The van der Waals surface area contributed by atoms with Crippen molar-refractivity contribution in [3.8, 4) is 6.07 Å². The second-order valence-corrected chi connectivity index (χ2v) is 6.97. The maximum atomic E-state index is 12.0. The largest absolute Gasteiger partial charge is 0.312 e. The number of anilines is 1. The van der Waals surface area contributed by atoms with Gasteiger partial charge in [-0.25, -0.2) is 0 Å². The van der Waals surface area contributed by atoms with E-state index >= 15 is 0 Å². The van der Waals surface area contributed by atoms with E-state index in [0.29, 0.717) is 15.4 Å². The zero-order valence-electron chi connectivity index (χ0n) is 11.0. The van der Waals surface area contributed by atoms with E-state index in [4.69, 9.17) is 0 Å².